The van der Waals surface area contributed by atoms with Crippen molar-refractivity contribution >= 4 is 44.0 Å². The van der Waals surface area contributed by atoms with Crippen LogP contribution >= 0.6 is 0 Å². The molecule has 7 heteroatoms. The summed E-state index contributed by atoms with van der Waals surface area (Å²) >= 11 is 0. The summed E-state index contributed by atoms with van der Waals surface area (Å²) in [6, 6.07) is 24.0. The van der Waals surface area contributed by atoms with Gasteiger partial charge in [-0.05, 0) is 59.5 Å². The Morgan fingerprint density at radius 1 is 0.821 bits per heavy atom. The Morgan fingerprint density at radius 2 is 1.67 bits per heavy atom. The number of rotatable bonds is 4. The zero-order chi connectivity index (χ0) is 26.7. The van der Waals surface area contributed by atoms with Crippen LogP contribution in [-0.4, -0.2) is 26.6 Å². The zero-order valence-electron chi connectivity index (χ0n) is 22.1. The van der Waals surface area contributed by atoms with E-state index in [4.69, 9.17) is 23.9 Å². The fourth-order valence-electron chi connectivity index (χ4n) is 5.12. The van der Waals surface area contributed by atoms with Gasteiger partial charge in [0.2, 0.25) is 11.6 Å². The normalized spacial score (nSPS) is 12.1. The average Bonchev–Trinajstić information content (AvgIpc) is 3.48. The molecule has 5 heterocycles. The Morgan fingerprint density at radius 3 is 2.51 bits per heavy atom. The van der Waals surface area contributed by atoms with Gasteiger partial charge in [0.1, 0.15) is 22.9 Å². The van der Waals surface area contributed by atoms with Gasteiger partial charge >= 0.3 is 0 Å². The first-order valence-corrected chi connectivity index (χ1v) is 12.8. The number of aromatic nitrogens is 4. The maximum atomic E-state index is 6.30. The summed E-state index contributed by atoms with van der Waals surface area (Å²) in [7, 11) is 1.64. The first kappa shape index (κ1) is 23.2. The summed E-state index contributed by atoms with van der Waals surface area (Å²) in [6.07, 6.45) is 3.54. The SMILES string of the molecule is COc1ccnc2oc3ccc(Oc4ccc5c6ccccc6n(-c6cc(C(C)(C)C)ccn6)c5n4)cc3c12. The van der Waals surface area contributed by atoms with E-state index in [1.54, 1.807) is 13.3 Å². The van der Waals surface area contributed by atoms with E-state index in [1.807, 2.05) is 48.7 Å². The quantitative estimate of drug-likeness (QED) is 0.237. The second-order valence-electron chi connectivity index (χ2n) is 10.6. The fourth-order valence-corrected chi connectivity index (χ4v) is 5.12. The lowest BCUT2D eigenvalue weighted by atomic mass is 9.88. The van der Waals surface area contributed by atoms with Crippen LogP contribution in [0.15, 0.2) is 89.6 Å². The number of methoxy groups -OCH3 is 1. The van der Waals surface area contributed by atoms with Gasteiger partial charge in [-0.15, -0.1) is 0 Å². The van der Waals surface area contributed by atoms with E-state index in [0.29, 0.717) is 28.7 Å². The molecule has 0 amide bonds. The highest BCUT2D eigenvalue weighted by Crippen LogP contribution is 2.38. The van der Waals surface area contributed by atoms with Crippen LogP contribution in [0, 0.1) is 0 Å². The van der Waals surface area contributed by atoms with E-state index in [2.05, 4.69) is 60.7 Å². The highest BCUT2D eigenvalue weighted by molar-refractivity contribution is 6.08. The molecule has 7 rings (SSSR count). The minimum Gasteiger partial charge on any atom is -0.496 e. The Balaban J connectivity index is 1.37. The van der Waals surface area contributed by atoms with E-state index in [-0.39, 0.29) is 5.41 Å². The van der Waals surface area contributed by atoms with Crippen molar-refractivity contribution in [1.82, 2.24) is 19.5 Å². The van der Waals surface area contributed by atoms with Gasteiger partial charge in [0.25, 0.3) is 0 Å². The number of ether oxygens (including phenoxy) is 2. The van der Waals surface area contributed by atoms with Crippen LogP contribution in [0.5, 0.6) is 17.4 Å². The Labute approximate surface area is 224 Å². The summed E-state index contributed by atoms with van der Waals surface area (Å²) < 4.78 is 19.9. The molecule has 0 unspecified atom stereocenters. The van der Waals surface area contributed by atoms with Crippen molar-refractivity contribution in [2.24, 2.45) is 0 Å². The lowest BCUT2D eigenvalue weighted by Crippen LogP contribution is -2.12. The molecule has 0 fully saturated rings. The van der Waals surface area contributed by atoms with Gasteiger partial charge < -0.3 is 13.9 Å². The van der Waals surface area contributed by atoms with Crippen molar-refractivity contribution in [3.8, 4) is 23.2 Å². The molecule has 2 aromatic carbocycles. The van der Waals surface area contributed by atoms with Crippen LogP contribution in [0.3, 0.4) is 0 Å². The minimum absolute atomic E-state index is 0.00769. The van der Waals surface area contributed by atoms with Gasteiger partial charge in [-0.25, -0.2) is 9.97 Å². The van der Waals surface area contributed by atoms with Crippen LogP contribution in [0.25, 0.3) is 49.8 Å². The fraction of sp³-hybridized carbons (Fsp3) is 0.156. The lowest BCUT2D eigenvalue weighted by molar-refractivity contribution is 0.419. The molecule has 5 aromatic heterocycles. The van der Waals surface area contributed by atoms with Crippen LogP contribution < -0.4 is 9.47 Å². The van der Waals surface area contributed by atoms with E-state index in [9.17, 15) is 0 Å². The van der Waals surface area contributed by atoms with Gasteiger partial charge in [0.05, 0.1) is 18.0 Å². The number of hydrogen-bond acceptors (Lipinski definition) is 6. The molecule has 192 valence electrons. The number of para-hydroxylation sites is 1. The van der Waals surface area contributed by atoms with Gasteiger partial charge in [0.15, 0.2) is 5.65 Å². The van der Waals surface area contributed by atoms with Crippen molar-refractivity contribution in [3.05, 3.63) is 90.8 Å². The number of hydrogen-bond donors (Lipinski definition) is 0. The Hall–Kier alpha value is -4.91. The van der Waals surface area contributed by atoms with E-state index < -0.39 is 0 Å². The minimum atomic E-state index is -0.00769. The average molecular weight is 515 g/mol. The van der Waals surface area contributed by atoms with Crippen LogP contribution in [-0.2, 0) is 5.41 Å². The number of fused-ring (bicyclic) bond motifs is 6. The molecule has 0 aliphatic heterocycles. The molecule has 0 aliphatic carbocycles. The standard InChI is InChI=1S/C32H26N4O3/c1-32(2,3)19-13-15-33-27(17-19)36-24-8-6-5-7-21(24)22-10-12-28(35-30(22)36)38-20-9-11-25-23(18-20)29-26(37-4)14-16-34-31(29)39-25/h5-18H,1-4H3. The Kier molecular flexibility index (Phi) is 5.10. The van der Waals surface area contributed by atoms with Crippen molar-refractivity contribution in [1.29, 1.82) is 0 Å². The summed E-state index contributed by atoms with van der Waals surface area (Å²) in [5.74, 6) is 2.64. The summed E-state index contributed by atoms with van der Waals surface area (Å²) in [6.45, 7) is 6.61. The first-order chi connectivity index (χ1) is 18.9. The van der Waals surface area contributed by atoms with E-state index in [0.717, 1.165) is 38.5 Å². The molecule has 39 heavy (non-hydrogen) atoms. The highest BCUT2D eigenvalue weighted by atomic mass is 16.5. The summed E-state index contributed by atoms with van der Waals surface area (Å²) in [5, 5.41) is 3.83. The molecule has 7 aromatic rings. The third kappa shape index (κ3) is 3.77. The van der Waals surface area contributed by atoms with Crippen LogP contribution in [0.4, 0.5) is 0 Å². The van der Waals surface area contributed by atoms with Crippen LogP contribution in [0.1, 0.15) is 26.3 Å². The van der Waals surface area contributed by atoms with Gasteiger partial charge in [0, 0.05) is 34.6 Å². The number of nitrogens with zero attached hydrogens (tertiary/aromatic N) is 4. The van der Waals surface area contributed by atoms with Gasteiger partial charge in [-0.3, -0.25) is 4.57 Å². The molecule has 0 radical (unpaired) electrons. The molecule has 7 nitrogen and oxygen atoms in total. The second kappa shape index (κ2) is 8.56. The summed E-state index contributed by atoms with van der Waals surface area (Å²) in [4.78, 5) is 14.1. The molecule has 0 saturated carbocycles. The van der Waals surface area contributed by atoms with Gasteiger partial charge in [-0.2, -0.15) is 4.98 Å². The molecule has 0 saturated heterocycles. The van der Waals surface area contributed by atoms with Crippen LogP contribution in [0.2, 0.25) is 0 Å². The first-order valence-electron chi connectivity index (χ1n) is 12.8. The third-order valence-corrected chi connectivity index (χ3v) is 7.08. The maximum Gasteiger partial charge on any atom is 0.231 e. The smallest absolute Gasteiger partial charge is 0.231 e. The van der Waals surface area contributed by atoms with E-state index in [1.165, 1.54) is 5.56 Å². The third-order valence-electron chi connectivity index (χ3n) is 7.08. The predicted octanol–water partition coefficient (Wildman–Crippen LogP) is 7.97. The number of pyridine rings is 3. The largest absolute Gasteiger partial charge is 0.496 e. The number of benzene rings is 2. The Bertz CT molecular complexity index is 2030. The highest BCUT2D eigenvalue weighted by Gasteiger charge is 2.19. The van der Waals surface area contributed by atoms with Crippen molar-refractivity contribution < 1.29 is 13.9 Å². The second-order valence-corrected chi connectivity index (χ2v) is 10.6. The zero-order valence-corrected chi connectivity index (χ0v) is 22.1. The predicted molar refractivity (Wildman–Crippen MR) is 153 cm³/mol. The van der Waals surface area contributed by atoms with E-state index >= 15 is 0 Å². The molecule has 0 bridgehead atoms. The molecule has 0 spiro atoms. The molecule has 0 N–H and O–H groups in total. The topological polar surface area (TPSA) is 75.2 Å². The molecular weight excluding hydrogens is 488 g/mol. The molecule has 0 aliphatic rings. The summed E-state index contributed by atoms with van der Waals surface area (Å²) in [5.41, 5.74) is 4.26. The maximum absolute atomic E-state index is 6.30. The lowest BCUT2D eigenvalue weighted by Gasteiger charge is -2.19. The molecule has 0 atom stereocenters. The van der Waals surface area contributed by atoms with Crippen molar-refractivity contribution in [3.63, 3.8) is 0 Å². The van der Waals surface area contributed by atoms with Gasteiger partial charge in [-0.1, -0.05) is 39.0 Å². The van der Waals surface area contributed by atoms with Crippen molar-refractivity contribution in [2.75, 3.05) is 7.11 Å². The monoisotopic (exact) mass is 514 g/mol. The molecular formula is C32H26N4O3. The number of furan rings is 1. The van der Waals surface area contributed by atoms with Crippen molar-refractivity contribution in [2.45, 2.75) is 26.2 Å².